The molecule has 4 heterocycles. The molecule has 1 unspecified atom stereocenters. The zero-order chi connectivity index (χ0) is 33.4. The summed E-state index contributed by atoms with van der Waals surface area (Å²) >= 11 is 0. The molecule has 0 aliphatic carbocycles. The Morgan fingerprint density at radius 3 is 2.11 bits per heavy atom. The quantitative estimate of drug-likeness (QED) is 0.248. The van der Waals surface area contributed by atoms with Gasteiger partial charge in [0.1, 0.15) is 17.7 Å². The Hall–Kier alpha value is -4.11. The molecular formula is C38H48N4O5. The van der Waals surface area contributed by atoms with E-state index in [1.165, 1.54) is 11.1 Å². The number of anilines is 1. The molecule has 0 bridgehead atoms. The van der Waals surface area contributed by atoms with Gasteiger partial charge in [0.05, 0.1) is 47.8 Å². The van der Waals surface area contributed by atoms with Gasteiger partial charge in [-0.3, -0.25) is 14.6 Å². The van der Waals surface area contributed by atoms with Gasteiger partial charge in [0, 0.05) is 37.5 Å². The van der Waals surface area contributed by atoms with Crippen LogP contribution in [0.1, 0.15) is 91.6 Å². The van der Waals surface area contributed by atoms with E-state index in [9.17, 15) is 14.7 Å². The fourth-order valence-corrected chi connectivity index (χ4v) is 7.28. The van der Waals surface area contributed by atoms with E-state index in [-0.39, 0.29) is 29.9 Å². The second-order valence-electron chi connectivity index (χ2n) is 13.5. The first-order valence-corrected chi connectivity index (χ1v) is 17.1. The van der Waals surface area contributed by atoms with Crippen LogP contribution in [0, 0.1) is 13.8 Å². The fourth-order valence-electron chi connectivity index (χ4n) is 7.28. The highest BCUT2D eigenvalue weighted by atomic mass is 16.5. The Labute approximate surface area is 278 Å². The van der Waals surface area contributed by atoms with Gasteiger partial charge in [-0.1, -0.05) is 23.3 Å². The van der Waals surface area contributed by atoms with Crippen molar-refractivity contribution in [2.45, 2.75) is 98.0 Å². The van der Waals surface area contributed by atoms with Crippen LogP contribution in [0.25, 0.3) is 0 Å². The van der Waals surface area contributed by atoms with Crippen molar-refractivity contribution in [3.63, 3.8) is 0 Å². The summed E-state index contributed by atoms with van der Waals surface area (Å²) in [5.41, 5.74) is 6.94. The van der Waals surface area contributed by atoms with Crippen LogP contribution in [0.3, 0.4) is 0 Å². The third kappa shape index (κ3) is 6.30. The number of unbranched alkanes of at least 4 members (excludes halogenated alkanes) is 2. The predicted molar refractivity (Wildman–Crippen MR) is 185 cm³/mol. The van der Waals surface area contributed by atoms with E-state index in [1.54, 1.807) is 0 Å². The summed E-state index contributed by atoms with van der Waals surface area (Å²) in [5, 5.41) is 11.5. The molecule has 4 aliphatic heterocycles. The number of hydrogen-bond donors (Lipinski definition) is 1. The average molecular weight is 641 g/mol. The molecule has 3 atom stereocenters. The lowest BCUT2D eigenvalue weighted by Gasteiger charge is -2.36. The Balaban J connectivity index is 1.04. The molecule has 4 aliphatic rings. The van der Waals surface area contributed by atoms with E-state index in [1.807, 2.05) is 86.7 Å². The lowest BCUT2D eigenvalue weighted by molar-refractivity contribution is 0.0497. The van der Waals surface area contributed by atoms with Gasteiger partial charge in [0.15, 0.2) is 0 Å². The SMILES string of the molecule is CC=C1C[C@H]2C=Nc3cc(OCCCCCOc4cc5c(cc4C)C(=O)N4C/C(=C/C)C[C@H]4C(O)N5C(C)C)c(C)cc3C(=O)N2C1. The number of fused-ring (bicyclic) bond motifs is 4. The van der Waals surface area contributed by atoms with E-state index < -0.39 is 6.23 Å². The van der Waals surface area contributed by atoms with Crippen LogP contribution in [0.4, 0.5) is 11.4 Å². The molecule has 0 radical (unpaired) electrons. The maximum Gasteiger partial charge on any atom is 0.256 e. The third-order valence-corrected chi connectivity index (χ3v) is 10.0. The van der Waals surface area contributed by atoms with Crippen molar-refractivity contribution in [2.75, 3.05) is 31.2 Å². The molecule has 0 aromatic heterocycles. The van der Waals surface area contributed by atoms with Gasteiger partial charge in [0.25, 0.3) is 11.8 Å². The van der Waals surface area contributed by atoms with Crippen molar-refractivity contribution in [2.24, 2.45) is 4.99 Å². The summed E-state index contributed by atoms with van der Waals surface area (Å²) in [4.78, 5) is 37.3. The van der Waals surface area contributed by atoms with Crippen molar-refractivity contribution in [3.8, 4) is 11.5 Å². The van der Waals surface area contributed by atoms with Crippen molar-refractivity contribution >= 4 is 29.4 Å². The molecule has 2 aromatic rings. The van der Waals surface area contributed by atoms with Crippen LogP contribution in [0.5, 0.6) is 11.5 Å². The highest BCUT2D eigenvalue weighted by Gasteiger charge is 2.44. The van der Waals surface area contributed by atoms with Crippen LogP contribution in [0.2, 0.25) is 0 Å². The van der Waals surface area contributed by atoms with E-state index in [0.29, 0.717) is 49.5 Å². The minimum Gasteiger partial charge on any atom is -0.493 e. The first kappa shape index (κ1) is 32.8. The molecule has 250 valence electrons. The summed E-state index contributed by atoms with van der Waals surface area (Å²) in [7, 11) is 0. The minimum atomic E-state index is -0.799. The number of carbonyl (C=O) groups excluding carboxylic acids is 2. The molecule has 9 heteroatoms. The number of aliphatic hydroxyl groups excluding tert-OH is 1. The highest BCUT2D eigenvalue weighted by molar-refractivity contribution is 6.04. The number of amides is 2. The van der Waals surface area contributed by atoms with Gasteiger partial charge in [-0.15, -0.1) is 0 Å². The third-order valence-electron chi connectivity index (χ3n) is 10.0. The van der Waals surface area contributed by atoms with E-state index >= 15 is 0 Å². The van der Waals surface area contributed by atoms with Crippen molar-refractivity contribution in [3.05, 3.63) is 69.8 Å². The normalized spacial score (nSPS) is 23.7. The van der Waals surface area contributed by atoms with Crippen LogP contribution < -0.4 is 14.4 Å². The Morgan fingerprint density at radius 2 is 1.45 bits per heavy atom. The zero-order valence-corrected chi connectivity index (χ0v) is 28.6. The van der Waals surface area contributed by atoms with Crippen molar-refractivity contribution in [1.82, 2.24) is 9.80 Å². The predicted octanol–water partition coefficient (Wildman–Crippen LogP) is 6.52. The van der Waals surface area contributed by atoms with Crippen molar-refractivity contribution in [1.29, 1.82) is 0 Å². The van der Waals surface area contributed by atoms with Crippen LogP contribution in [0.15, 0.2) is 52.6 Å². The number of nitrogens with zero attached hydrogens (tertiary/aromatic N) is 4. The molecule has 6 rings (SSSR count). The van der Waals surface area contributed by atoms with Gasteiger partial charge in [-0.25, -0.2) is 0 Å². The molecule has 2 aromatic carbocycles. The van der Waals surface area contributed by atoms with Gasteiger partial charge in [0.2, 0.25) is 0 Å². The molecule has 0 spiro atoms. The molecule has 2 amide bonds. The molecule has 47 heavy (non-hydrogen) atoms. The summed E-state index contributed by atoms with van der Waals surface area (Å²) < 4.78 is 12.4. The standard InChI is InChI=1S/C38H48N4O5/c1-7-26-16-28-20-39-31-18-34(24(5)14-29(31)36(43)40(28)21-26)46-12-10-9-11-13-47-35-19-32-30(15-25(35)6)37(44)41-22-27(8-2)17-33(41)38(45)42(32)23(3)4/h7-8,14-15,18-20,23,28,33,38,45H,9-13,16-17,21-22H2,1-6H3/b26-7?,27-8+/t28-,33-,38?/m0/s1. The molecule has 1 N–H and O–H groups in total. The fraction of sp³-hybridized carbons (Fsp3) is 0.500. The lowest BCUT2D eigenvalue weighted by atomic mass is 10.0. The smallest absolute Gasteiger partial charge is 0.256 e. The largest absolute Gasteiger partial charge is 0.493 e. The maximum atomic E-state index is 13.7. The number of aryl methyl sites for hydroxylation is 2. The Kier molecular flexibility index (Phi) is 9.46. The second-order valence-corrected chi connectivity index (χ2v) is 13.5. The number of benzene rings is 2. The molecule has 2 saturated heterocycles. The first-order chi connectivity index (χ1) is 22.6. The number of carbonyl (C=O) groups is 2. The first-order valence-electron chi connectivity index (χ1n) is 17.1. The van der Waals surface area contributed by atoms with E-state index in [4.69, 9.17) is 9.47 Å². The average Bonchev–Trinajstić information content (AvgIpc) is 3.64. The lowest BCUT2D eigenvalue weighted by Crippen LogP contribution is -2.50. The second kappa shape index (κ2) is 13.6. The maximum absolute atomic E-state index is 13.7. The number of hydrogen-bond acceptors (Lipinski definition) is 7. The molecular weight excluding hydrogens is 592 g/mol. The van der Waals surface area contributed by atoms with Gasteiger partial charge >= 0.3 is 0 Å². The summed E-state index contributed by atoms with van der Waals surface area (Å²) in [6, 6.07) is 7.40. The van der Waals surface area contributed by atoms with Crippen LogP contribution in [-0.4, -0.2) is 83.6 Å². The molecule has 0 saturated carbocycles. The highest BCUT2D eigenvalue weighted by Crippen LogP contribution is 2.40. The number of aliphatic hydroxyl groups is 1. The Morgan fingerprint density at radius 1 is 0.851 bits per heavy atom. The summed E-state index contributed by atoms with van der Waals surface area (Å²) in [5.74, 6) is 1.49. The number of aliphatic imine (C=N–C) groups is 1. The molecule has 2 fully saturated rings. The summed E-state index contributed by atoms with van der Waals surface area (Å²) in [6.45, 7) is 14.4. The number of allylic oxidation sites excluding steroid dienone is 2. The summed E-state index contributed by atoms with van der Waals surface area (Å²) in [6.07, 6.45) is 9.41. The topological polar surface area (TPSA) is 94.9 Å². The Bertz CT molecular complexity index is 1640. The van der Waals surface area contributed by atoms with Crippen LogP contribution >= 0.6 is 0 Å². The van der Waals surface area contributed by atoms with Crippen LogP contribution in [-0.2, 0) is 0 Å². The zero-order valence-electron chi connectivity index (χ0n) is 28.6. The van der Waals surface area contributed by atoms with E-state index in [0.717, 1.165) is 54.0 Å². The monoisotopic (exact) mass is 640 g/mol. The van der Waals surface area contributed by atoms with Crippen molar-refractivity contribution < 1.29 is 24.2 Å². The van der Waals surface area contributed by atoms with Gasteiger partial charge in [-0.05, 0) is 96.9 Å². The molecule has 9 nitrogen and oxygen atoms in total. The minimum absolute atomic E-state index is 0.000993. The van der Waals surface area contributed by atoms with Gasteiger partial charge in [-0.2, -0.15) is 0 Å². The number of rotatable bonds is 9. The van der Waals surface area contributed by atoms with E-state index in [2.05, 4.69) is 17.1 Å². The van der Waals surface area contributed by atoms with Gasteiger partial charge < -0.3 is 29.3 Å². The number of ether oxygens (including phenoxy) is 2.